The van der Waals surface area contributed by atoms with Gasteiger partial charge in [0.15, 0.2) is 5.96 Å². The first-order valence-corrected chi connectivity index (χ1v) is 3.80. The number of nitrogens with two attached hydrogens (primary N) is 1. The molecule has 71 valence electrons. The van der Waals surface area contributed by atoms with Gasteiger partial charge >= 0.3 is 0 Å². The summed E-state index contributed by atoms with van der Waals surface area (Å²) in [7, 11) is 0. The van der Waals surface area contributed by atoms with E-state index in [1.807, 2.05) is 0 Å². The van der Waals surface area contributed by atoms with E-state index in [0.29, 0.717) is 33.0 Å². The molecule has 0 spiro atoms. The first-order chi connectivity index (χ1) is 5.77. The van der Waals surface area contributed by atoms with Crippen molar-refractivity contribution in [1.29, 1.82) is 5.41 Å². The summed E-state index contributed by atoms with van der Waals surface area (Å²) >= 11 is 0. The van der Waals surface area contributed by atoms with Crippen LogP contribution >= 0.6 is 0 Å². The molecule has 0 unspecified atom stereocenters. The molecule has 0 saturated carbocycles. The monoisotopic (exact) mass is 174 g/mol. The van der Waals surface area contributed by atoms with E-state index in [2.05, 4.69) is 12.2 Å². The summed E-state index contributed by atoms with van der Waals surface area (Å²) in [5.41, 5.74) is 5.04. The number of guanidine groups is 1. The molecule has 0 rings (SSSR count). The minimum Gasteiger partial charge on any atom is -0.379 e. The third kappa shape index (κ3) is 9.19. The van der Waals surface area contributed by atoms with E-state index in [1.54, 1.807) is 0 Å². The standard InChI is InChI=1S/C7H16N3O2/c1-2-11-5-6-12-4-3-10-7(8)9/h1-6H2,(H4,8,9,10). The van der Waals surface area contributed by atoms with Gasteiger partial charge in [-0.25, -0.2) is 0 Å². The predicted octanol–water partition coefficient (Wildman–Crippen LogP) is -0.663. The molecule has 12 heavy (non-hydrogen) atoms. The van der Waals surface area contributed by atoms with Crippen LogP contribution in [0.25, 0.3) is 0 Å². The van der Waals surface area contributed by atoms with E-state index in [-0.39, 0.29) is 5.96 Å². The summed E-state index contributed by atoms with van der Waals surface area (Å²) < 4.78 is 10.1. The number of nitrogens with one attached hydrogen (secondary N) is 2. The van der Waals surface area contributed by atoms with Crippen molar-refractivity contribution in [3.63, 3.8) is 0 Å². The van der Waals surface area contributed by atoms with Crippen molar-refractivity contribution in [2.75, 3.05) is 33.0 Å². The van der Waals surface area contributed by atoms with E-state index in [0.717, 1.165) is 0 Å². The van der Waals surface area contributed by atoms with Gasteiger partial charge < -0.3 is 20.5 Å². The van der Waals surface area contributed by atoms with E-state index in [9.17, 15) is 0 Å². The fraction of sp³-hybridized carbons (Fsp3) is 0.714. The summed E-state index contributed by atoms with van der Waals surface area (Å²) in [4.78, 5) is 0. The van der Waals surface area contributed by atoms with Crippen LogP contribution in [0.2, 0.25) is 0 Å². The molecule has 5 nitrogen and oxygen atoms in total. The number of rotatable bonds is 7. The Balaban J connectivity index is 2.86. The third-order valence-corrected chi connectivity index (χ3v) is 1.08. The molecule has 0 fully saturated rings. The van der Waals surface area contributed by atoms with Gasteiger partial charge in [-0.1, -0.05) is 0 Å². The topological polar surface area (TPSA) is 80.4 Å². The highest BCUT2D eigenvalue weighted by atomic mass is 16.5. The highest BCUT2D eigenvalue weighted by Gasteiger charge is 1.89. The molecular weight excluding hydrogens is 158 g/mol. The average molecular weight is 174 g/mol. The predicted molar refractivity (Wildman–Crippen MR) is 46.9 cm³/mol. The Morgan fingerprint density at radius 1 is 1.33 bits per heavy atom. The van der Waals surface area contributed by atoms with Crippen molar-refractivity contribution >= 4 is 5.96 Å². The summed E-state index contributed by atoms with van der Waals surface area (Å²) in [6.45, 7) is 6.17. The van der Waals surface area contributed by atoms with Crippen molar-refractivity contribution in [3.8, 4) is 0 Å². The van der Waals surface area contributed by atoms with Crippen molar-refractivity contribution in [2.24, 2.45) is 5.73 Å². The van der Waals surface area contributed by atoms with Gasteiger partial charge in [0, 0.05) is 13.2 Å². The van der Waals surface area contributed by atoms with Crippen LogP contribution < -0.4 is 11.1 Å². The van der Waals surface area contributed by atoms with Crippen LogP contribution in [-0.2, 0) is 9.47 Å². The Hall–Kier alpha value is -0.810. The first kappa shape index (κ1) is 11.2. The SMILES string of the molecule is [CH2]COCCOCCNC(=N)N. The molecule has 0 aliphatic rings. The Kier molecular flexibility index (Phi) is 7.73. The second-order valence-electron chi connectivity index (χ2n) is 2.07. The summed E-state index contributed by atoms with van der Waals surface area (Å²) in [5.74, 6) is -0.0346. The molecule has 0 aromatic rings. The molecule has 0 aliphatic carbocycles. The van der Waals surface area contributed by atoms with Gasteiger partial charge in [0.05, 0.1) is 19.8 Å². The maximum absolute atomic E-state index is 6.82. The van der Waals surface area contributed by atoms with Gasteiger partial charge in [-0.2, -0.15) is 0 Å². The van der Waals surface area contributed by atoms with Crippen LogP contribution in [0.3, 0.4) is 0 Å². The highest BCUT2D eigenvalue weighted by Crippen LogP contribution is 1.76. The molecule has 0 aliphatic heterocycles. The van der Waals surface area contributed by atoms with Crippen LogP contribution in [0.5, 0.6) is 0 Å². The maximum atomic E-state index is 6.82. The lowest BCUT2D eigenvalue weighted by molar-refractivity contribution is 0.0602. The quantitative estimate of drug-likeness (QED) is 0.272. The number of hydrogen-bond acceptors (Lipinski definition) is 3. The van der Waals surface area contributed by atoms with Gasteiger partial charge in [0.1, 0.15) is 0 Å². The van der Waals surface area contributed by atoms with Crippen LogP contribution in [0.1, 0.15) is 0 Å². The largest absolute Gasteiger partial charge is 0.379 e. The second kappa shape index (κ2) is 8.29. The van der Waals surface area contributed by atoms with Gasteiger partial charge in [0.2, 0.25) is 0 Å². The molecule has 0 aromatic carbocycles. The third-order valence-electron chi connectivity index (χ3n) is 1.08. The lowest BCUT2D eigenvalue weighted by atomic mass is 10.6. The molecule has 0 amide bonds. The summed E-state index contributed by atoms with van der Waals surface area (Å²) in [5, 5.41) is 9.44. The molecule has 0 bridgehead atoms. The molecule has 4 N–H and O–H groups in total. The molecule has 0 atom stereocenters. The van der Waals surface area contributed by atoms with Crippen molar-refractivity contribution in [1.82, 2.24) is 5.32 Å². The molecule has 0 heterocycles. The van der Waals surface area contributed by atoms with Crippen molar-refractivity contribution in [3.05, 3.63) is 6.92 Å². The van der Waals surface area contributed by atoms with Crippen LogP contribution in [0, 0.1) is 12.3 Å². The summed E-state index contributed by atoms with van der Waals surface area (Å²) in [6.07, 6.45) is 0. The highest BCUT2D eigenvalue weighted by molar-refractivity contribution is 5.74. The summed E-state index contributed by atoms with van der Waals surface area (Å²) in [6, 6.07) is 0. The Morgan fingerprint density at radius 2 is 2.00 bits per heavy atom. The Bertz CT molecular complexity index is 119. The van der Waals surface area contributed by atoms with E-state index >= 15 is 0 Å². The van der Waals surface area contributed by atoms with Crippen LogP contribution in [-0.4, -0.2) is 38.9 Å². The lowest BCUT2D eigenvalue weighted by Crippen LogP contribution is -2.33. The maximum Gasteiger partial charge on any atom is 0.185 e. The van der Waals surface area contributed by atoms with E-state index in [1.165, 1.54) is 0 Å². The zero-order chi connectivity index (χ0) is 9.23. The van der Waals surface area contributed by atoms with Gasteiger partial charge in [-0.05, 0) is 6.92 Å². The first-order valence-electron chi connectivity index (χ1n) is 3.80. The Morgan fingerprint density at radius 3 is 2.58 bits per heavy atom. The van der Waals surface area contributed by atoms with E-state index < -0.39 is 0 Å². The molecule has 0 aromatic heterocycles. The minimum atomic E-state index is -0.0346. The van der Waals surface area contributed by atoms with Gasteiger partial charge in [0.25, 0.3) is 0 Å². The van der Waals surface area contributed by atoms with Gasteiger partial charge in [-0.3, -0.25) is 5.41 Å². The van der Waals surface area contributed by atoms with E-state index in [4.69, 9.17) is 20.6 Å². The molecule has 0 saturated heterocycles. The number of ether oxygens (including phenoxy) is 2. The minimum absolute atomic E-state index is 0.0346. The lowest BCUT2D eigenvalue weighted by Gasteiger charge is -2.05. The average Bonchev–Trinajstić information content (AvgIpc) is 2.02. The fourth-order valence-electron chi connectivity index (χ4n) is 0.580. The fourth-order valence-corrected chi connectivity index (χ4v) is 0.580. The van der Waals surface area contributed by atoms with Gasteiger partial charge in [-0.15, -0.1) is 0 Å². The van der Waals surface area contributed by atoms with Crippen molar-refractivity contribution in [2.45, 2.75) is 0 Å². The molecular formula is C7H16N3O2. The normalized spacial score (nSPS) is 9.75. The van der Waals surface area contributed by atoms with Crippen molar-refractivity contribution < 1.29 is 9.47 Å². The zero-order valence-electron chi connectivity index (χ0n) is 7.14. The zero-order valence-corrected chi connectivity index (χ0v) is 7.14. The smallest absolute Gasteiger partial charge is 0.185 e. The Labute approximate surface area is 72.7 Å². The van der Waals surface area contributed by atoms with Crippen LogP contribution in [0.15, 0.2) is 0 Å². The number of hydrogen-bond donors (Lipinski definition) is 3. The molecule has 1 radical (unpaired) electrons. The second-order valence-corrected chi connectivity index (χ2v) is 2.07. The van der Waals surface area contributed by atoms with Crippen LogP contribution in [0.4, 0.5) is 0 Å². The molecule has 5 heteroatoms.